The second kappa shape index (κ2) is 11.2. The summed E-state index contributed by atoms with van der Waals surface area (Å²) in [5.41, 5.74) is 4.94. The van der Waals surface area contributed by atoms with E-state index in [4.69, 9.17) is 11.3 Å². The highest BCUT2D eigenvalue weighted by molar-refractivity contribution is 5.58. The quantitative estimate of drug-likeness (QED) is 0.265. The van der Waals surface area contributed by atoms with Gasteiger partial charge in [0.1, 0.15) is 11.4 Å². The van der Waals surface area contributed by atoms with Gasteiger partial charge in [0, 0.05) is 25.2 Å². The fraction of sp³-hybridized carbons (Fsp3) is 0.235. The van der Waals surface area contributed by atoms with Crippen molar-refractivity contribution in [3.63, 3.8) is 0 Å². The lowest BCUT2D eigenvalue weighted by atomic mass is 9.85. The number of hydrogen-bond donors (Lipinski definition) is 0. The molecule has 2 aliphatic rings. The fourth-order valence-corrected chi connectivity index (χ4v) is 5.44. The third kappa shape index (κ3) is 5.56. The van der Waals surface area contributed by atoms with Gasteiger partial charge in [0.05, 0.1) is 12.6 Å². The zero-order valence-electron chi connectivity index (χ0n) is 21.7. The Hall–Kier alpha value is -4.54. The van der Waals surface area contributed by atoms with E-state index < -0.39 is 5.60 Å². The van der Waals surface area contributed by atoms with Crippen LogP contribution < -0.4 is 4.90 Å². The van der Waals surface area contributed by atoms with E-state index in [0.717, 1.165) is 24.2 Å². The van der Waals surface area contributed by atoms with Crippen LogP contribution in [0, 0.1) is 17.9 Å². The molecule has 1 fully saturated rings. The standard InChI is InChI=1S/C34H31N3O/c1-34(30-11-7-4-8-12-30)24-29(33(25-35)36-2)23-32(38-34)18-15-26-13-16-31(17-14-26)37-21-19-28(20-22-37)27-9-5-3-6-10-27/h3-18,23,28H,19-22,24H2,1H3. The molecular weight excluding hydrogens is 466 g/mol. The molecule has 38 heavy (non-hydrogen) atoms. The Balaban J connectivity index is 1.30. The predicted octanol–water partition coefficient (Wildman–Crippen LogP) is 8.00. The smallest absolute Gasteiger partial charge is 0.265 e. The summed E-state index contributed by atoms with van der Waals surface area (Å²) in [6.07, 6.45) is 8.58. The molecule has 0 aromatic heterocycles. The van der Waals surface area contributed by atoms with Gasteiger partial charge in [0.2, 0.25) is 0 Å². The van der Waals surface area contributed by atoms with Crippen molar-refractivity contribution in [1.29, 1.82) is 5.26 Å². The van der Waals surface area contributed by atoms with Gasteiger partial charge >= 0.3 is 0 Å². The van der Waals surface area contributed by atoms with Crippen molar-refractivity contribution in [3.05, 3.63) is 142 Å². The number of ether oxygens (including phenoxy) is 1. The van der Waals surface area contributed by atoms with E-state index in [9.17, 15) is 5.26 Å². The SMILES string of the molecule is [C-]#[N+]C(C#N)=C1C=C(C=Cc2ccc(N3CCC(c4ccccc4)CC3)cc2)OC(C)(c2ccccc2)C1. The average molecular weight is 498 g/mol. The summed E-state index contributed by atoms with van der Waals surface area (Å²) in [6.45, 7) is 11.6. The van der Waals surface area contributed by atoms with E-state index >= 15 is 0 Å². The van der Waals surface area contributed by atoms with Gasteiger partial charge in [-0.15, -0.1) is 0 Å². The van der Waals surface area contributed by atoms with Crippen LogP contribution in [0.25, 0.3) is 10.9 Å². The molecule has 0 aliphatic carbocycles. The predicted molar refractivity (Wildman–Crippen MR) is 153 cm³/mol. The Bertz CT molecular complexity index is 1420. The van der Waals surface area contributed by atoms with E-state index in [1.807, 2.05) is 55.5 Å². The van der Waals surface area contributed by atoms with Gasteiger partial charge in [0.25, 0.3) is 5.70 Å². The summed E-state index contributed by atoms with van der Waals surface area (Å²) in [5, 5.41) is 9.51. The first-order valence-corrected chi connectivity index (χ1v) is 13.1. The molecule has 4 heteroatoms. The summed E-state index contributed by atoms with van der Waals surface area (Å²) in [6, 6.07) is 31.5. The molecule has 1 unspecified atom stereocenters. The molecule has 2 heterocycles. The normalized spacial score (nSPS) is 21.2. The number of nitrogens with zero attached hydrogens (tertiary/aromatic N) is 3. The number of nitriles is 1. The van der Waals surface area contributed by atoms with E-state index in [1.165, 1.54) is 24.1 Å². The maximum atomic E-state index is 9.51. The highest BCUT2D eigenvalue weighted by Crippen LogP contribution is 2.40. The second-order valence-corrected chi connectivity index (χ2v) is 10.1. The Morgan fingerprint density at radius 3 is 2.26 bits per heavy atom. The highest BCUT2D eigenvalue weighted by Gasteiger charge is 2.34. The summed E-state index contributed by atoms with van der Waals surface area (Å²) in [5.74, 6) is 1.28. The first-order valence-electron chi connectivity index (χ1n) is 13.1. The number of hydrogen-bond acceptors (Lipinski definition) is 3. The van der Waals surface area contributed by atoms with Crippen LogP contribution in [0.2, 0.25) is 0 Å². The van der Waals surface area contributed by atoms with Crippen molar-refractivity contribution < 1.29 is 4.74 Å². The number of allylic oxidation sites excluding steroid dienone is 3. The van der Waals surface area contributed by atoms with E-state index in [-0.39, 0.29) is 5.70 Å². The average Bonchev–Trinajstić information content (AvgIpc) is 2.98. The van der Waals surface area contributed by atoms with Gasteiger partial charge in [-0.1, -0.05) is 78.9 Å². The van der Waals surface area contributed by atoms with Crippen molar-refractivity contribution in [2.24, 2.45) is 0 Å². The molecule has 3 aromatic rings. The van der Waals surface area contributed by atoms with Crippen LogP contribution in [0.4, 0.5) is 5.69 Å². The second-order valence-electron chi connectivity index (χ2n) is 10.1. The molecule has 3 aromatic carbocycles. The van der Waals surface area contributed by atoms with Crippen LogP contribution in [0.15, 0.2) is 114 Å². The number of piperidine rings is 1. The lowest BCUT2D eigenvalue weighted by Gasteiger charge is -2.36. The lowest BCUT2D eigenvalue weighted by Crippen LogP contribution is -2.32. The topological polar surface area (TPSA) is 40.6 Å². The molecule has 4 nitrogen and oxygen atoms in total. The minimum absolute atomic E-state index is 0.113. The zero-order valence-corrected chi connectivity index (χ0v) is 21.7. The largest absolute Gasteiger partial charge is 0.483 e. The lowest BCUT2D eigenvalue weighted by molar-refractivity contribution is 0.0143. The Labute approximate surface area is 225 Å². The molecule has 0 bridgehead atoms. The number of anilines is 1. The summed E-state index contributed by atoms with van der Waals surface area (Å²) >= 11 is 0. The van der Waals surface area contributed by atoms with Gasteiger partial charge in [-0.25, -0.2) is 10.1 Å². The van der Waals surface area contributed by atoms with Crippen molar-refractivity contribution in [2.45, 2.75) is 37.7 Å². The van der Waals surface area contributed by atoms with Crippen molar-refractivity contribution in [2.75, 3.05) is 18.0 Å². The Kier molecular flexibility index (Phi) is 7.43. The maximum absolute atomic E-state index is 9.51. The molecule has 0 saturated carbocycles. The van der Waals surface area contributed by atoms with Crippen LogP contribution in [0.3, 0.4) is 0 Å². The van der Waals surface area contributed by atoms with Gasteiger partial charge in [-0.05, 0) is 72.2 Å². The highest BCUT2D eigenvalue weighted by atomic mass is 16.5. The van der Waals surface area contributed by atoms with Crippen molar-refractivity contribution in [3.8, 4) is 6.07 Å². The molecule has 188 valence electrons. The first kappa shape index (κ1) is 25.1. The third-order valence-corrected chi connectivity index (χ3v) is 7.56. The van der Waals surface area contributed by atoms with Crippen molar-refractivity contribution >= 4 is 11.8 Å². The Morgan fingerprint density at radius 1 is 0.974 bits per heavy atom. The molecule has 0 amide bonds. The Morgan fingerprint density at radius 2 is 1.63 bits per heavy atom. The number of benzene rings is 3. The molecule has 2 aliphatic heterocycles. The minimum atomic E-state index is -0.659. The summed E-state index contributed by atoms with van der Waals surface area (Å²) in [4.78, 5) is 5.93. The van der Waals surface area contributed by atoms with Crippen LogP contribution in [0.5, 0.6) is 0 Å². The molecule has 0 spiro atoms. The van der Waals surface area contributed by atoms with Crippen LogP contribution in [0.1, 0.15) is 48.8 Å². The molecular formula is C34H31N3O. The van der Waals surface area contributed by atoms with Crippen LogP contribution >= 0.6 is 0 Å². The van der Waals surface area contributed by atoms with Crippen molar-refractivity contribution in [1.82, 2.24) is 0 Å². The van der Waals surface area contributed by atoms with Gasteiger partial charge in [-0.2, -0.15) is 0 Å². The zero-order chi connectivity index (χ0) is 26.4. The van der Waals surface area contributed by atoms with Crippen LogP contribution in [-0.4, -0.2) is 13.1 Å². The molecule has 1 atom stereocenters. The molecule has 1 saturated heterocycles. The fourth-order valence-electron chi connectivity index (χ4n) is 5.44. The van der Waals surface area contributed by atoms with E-state index in [2.05, 4.69) is 70.4 Å². The third-order valence-electron chi connectivity index (χ3n) is 7.56. The van der Waals surface area contributed by atoms with E-state index in [1.54, 1.807) is 0 Å². The van der Waals surface area contributed by atoms with Crippen LogP contribution in [-0.2, 0) is 10.3 Å². The van der Waals surface area contributed by atoms with Gasteiger partial charge in [-0.3, -0.25) is 0 Å². The number of rotatable bonds is 5. The monoisotopic (exact) mass is 497 g/mol. The molecule has 5 rings (SSSR count). The first-order chi connectivity index (χ1) is 18.6. The maximum Gasteiger partial charge on any atom is 0.265 e. The molecule has 0 N–H and O–H groups in total. The van der Waals surface area contributed by atoms with E-state index in [0.29, 0.717) is 23.7 Å². The summed E-state index contributed by atoms with van der Waals surface area (Å²) in [7, 11) is 0. The van der Waals surface area contributed by atoms with Gasteiger partial charge < -0.3 is 9.64 Å². The molecule has 0 radical (unpaired) electrons. The van der Waals surface area contributed by atoms with Gasteiger partial charge in [0.15, 0.2) is 0 Å². The minimum Gasteiger partial charge on any atom is -0.483 e. The summed E-state index contributed by atoms with van der Waals surface area (Å²) < 4.78 is 6.44.